The Morgan fingerprint density at radius 3 is 3.00 bits per heavy atom. The Morgan fingerprint density at radius 2 is 2.56 bits per heavy atom. The highest BCUT2D eigenvalue weighted by atomic mass is 32.1. The van der Waals surface area contributed by atoms with Crippen molar-refractivity contribution in [3.63, 3.8) is 0 Å². The standard InChI is InChI=1S/C5H6N2OS/c8-4-7-3-1-2-6-5(7)9/h1-3,8H,4H2. The van der Waals surface area contributed by atoms with E-state index in [0.717, 1.165) is 0 Å². The van der Waals surface area contributed by atoms with Crippen molar-refractivity contribution in [2.24, 2.45) is 0 Å². The first-order chi connectivity index (χ1) is 4.34. The Labute approximate surface area is 57.6 Å². The number of aliphatic hydroxyl groups excluding tert-OH is 1. The van der Waals surface area contributed by atoms with Crippen LogP contribution in [-0.2, 0) is 6.73 Å². The van der Waals surface area contributed by atoms with Crippen molar-refractivity contribution in [1.29, 1.82) is 0 Å². The van der Waals surface area contributed by atoms with Crippen molar-refractivity contribution in [2.45, 2.75) is 6.73 Å². The normalized spacial score (nSPS) is 9.44. The molecule has 48 valence electrons. The smallest absolute Gasteiger partial charge is 0.201 e. The quantitative estimate of drug-likeness (QED) is 0.582. The fourth-order valence-electron chi connectivity index (χ4n) is 0.495. The van der Waals surface area contributed by atoms with Crippen LogP contribution in [-0.4, -0.2) is 14.7 Å². The van der Waals surface area contributed by atoms with E-state index in [1.807, 2.05) is 0 Å². The van der Waals surface area contributed by atoms with E-state index >= 15 is 0 Å². The molecule has 0 aromatic carbocycles. The minimum Gasteiger partial charge on any atom is -0.376 e. The first-order valence-corrected chi connectivity index (χ1v) is 2.88. The Bertz CT molecular complexity index is 245. The molecule has 0 unspecified atom stereocenters. The van der Waals surface area contributed by atoms with Crippen LogP contribution in [0.5, 0.6) is 0 Å². The molecule has 0 fully saturated rings. The third-order valence-electron chi connectivity index (χ3n) is 0.935. The topological polar surface area (TPSA) is 38.0 Å². The Hall–Kier alpha value is -0.740. The van der Waals surface area contributed by atoms with Gasteiger partial charge in [0.05, 0.1) is 0 Å². The summed E-state index contributed by atoms with van der Waals surface area (Å²) in [5.41, 5.74) is 0. The van der Waals surface area contributed by atoms with Gasteiger partial charge in [-0.25, -0.2) is 4.98 Å². The van der Waals surface area contributed by atoms with Crippen molar-refractivity contribution in [1.82, 2.24) is 9.55 Å². The summed E-state index contributed by atoms with van der Waals surface area (Å²) in [6.07, 6.45) is 3.27. The number of hydrogen-bond donors (Lipinski definition) is 1. The zero-order valence-electron chi connectivity index (χ0n) is 4.69. The molecule has 0 atom stereocenters. The SMILES string of the molecule is OCn1cccnc1=S. The molecule has 0 bridgehead atoms. The number of nitrogens with zero attached hydrogens (tertiary/aromatic N) is 2. The van der Waals surface area contributed by atoms with Crippen LogP contribution in [0.1, 0.15) is 0 Å². The largest absolute Gasteiger partial charge is 0.376 e. The molecule has 3 nitrogen and oxygen atoms in total. The molecule has 9 heavy (non-hydrogen) atoms. The van der Waals surface area contributed by atoms with Crippen molar-refractivity contribution in [2.75, 3.05) is 0 Å². The Morgan fingerprint density at radius 1 is 1.78 bits per heavy atom. The Kier molecular flexibility index (Phi) is 1.92. The van der Waals surface area contributed by atoms with E-state index in [0.29, 0.717) is 4.77 Å². The summed E-state index contributed by atoms with van der Waals surface area (Å²) < 4.78 is 1.87. The van der Waals surface area contributed by atoms with E-state index in [1.165, 1.54) is 4.57 Å². The molecule has 1 N–H and O–H groups in total. The van der Waals surface area contributed by atoms with Gasteiger partial charge in [-0.1, -0.05) is 0 Å². The van der Waals surface area contributed by atoms with E-state index in [2.05, 4.69) is 4.98 Å². The van der Waals surface area contributed by atoms with Crippen LogP contribution in [0.3, 0.4) is 0 Å². The molecule has 0 saturated carbocycles. The van der Waals surface area contributed by atoms with Gasteiger partial charge in [0.2, 0.25) is 4.77 Å². The first-order valence-electron chi connectivity index (χ1n) is 2.47. The fourth-order valence-corrected chi connectivity index (χ4v) is 0.674. The van der Waals surface area contributed by atoms with E-state index in [-0.39, 0.29) is 6.73 Å². The highest BCUT2D eigenvalue weighted by Crippen LogP contribution is 1.85. The molecule has 4 heteroatoms. The molecule has 1 rings (SSSR count). The molecular weight excluding hydrogens is 136 g/mol. The number of rotatable bonds is 1. The number of aliphatic hydroxyl groups is 1. The molecule has 1 heterocycles. The third-order valence-corrected chi connectivity index (χ3v) is 1.28. The summed E-state index contributed by atoms with van der Waals surface area (Å²) in [5.74, 6) is 0. The number of hydrogen-bond acceptors (Lipinski definition) is 3. The van der Waals surface area contributed by atoms with Crippen LogP contribution in [0.15, 0.2) is 18.5 Å². The maximum Gasteiger partial charge on any atom is 0.201 e. The average Bonchev–Trinajstić information content (AvgIpc) is 1.89. The van der Waals surface area contributed by atoms with Crippen LogP contribution >= 0.6 is 12.2 Å². The van der Waals surface area contributed by atoms with Crippen LogP contribution in [0, 0.1) is 4.77 Å². The molecule has 0 amide bonds. The zero-order chi connectivity index (χ0) is 6.69. The summed E-state index contributed by atoms with van der Waals surface area (Å²) in [4.78, 5) is 3.77. The van der Waals surface area contributed by atoms with Crippen LogP contribution in [0.2, 0.25) is 0 Å². The van der Waals surface area contributed by atoms with Crippen molar-refractivity contribution in [3.8, 4) is 0 Å². The lowest BCUT2D eigenvalue weighted by Gasteiger charge is -1.96. The van der Waals surface area contributed by atoms with Crippen molar-refractivity contribution >= 4 is 12.2 Å². The predicted octanol–water partition coefficient (Wildman–Crippen LogP) is 0.562. The second-order valence-electron chi connectivity index (χ2n) is 1.51. The lowest BCUT2D eigenvalue weighted by Crippen LogP contribution is -1.98. The average molecular weight is 142 g/mol. The van der Waals surface area contributed by atoms with Gasteiger partial charge < -0.3 is 9.67 Å². The molecule has 0 radical (unpaired) electrons. The van der Waals surface area contributed by atoms with Gasteiger partial charge in [-0.3, -0.25) is 0 Å². The number of aromatic nitrogens is 2. The molecule has 0 aliphatic rings. The maximum absolute atomic E-state index is 8.57. The lowest BCUT2D eigenvalue weighted by atomic mass is 10.7. The highest BCUT2D eigenvalue weighted by Gasteiger charge is 1.83. The molecule has 0 aliphatic carbocycles. The van der Waals surface area contributed by atoms with E-state index in [4.69, 9.17) is 17.3 Å². The third kappa shape index (κ3) is 1.34. The predicted molar refractivity (Wildman–Crippen MR) is 35.3 cm³/mol. The van der Waals surface area contributed by atoms with E-state index in [9.17, 15) is 0 Å². The lowest BCUT2D eigenvalue weighted by molar-refractivity contribution is 0.206. The van der Waals surface area contributed by atoms with Crippen molar-refractivity contribution in [3.05, 3.63) is 23.2 Å². The van der Waals surface area contributed by atoms with Crippen LogP contribution < -0.4 is 0 Å². The second kappa shape index (κ2) is 2.70. The maximum atomic E-state index is 8.57. The van der Waals surface area contributed by atoms with Crippen LogP contribution in [0.25, 0.3) is 0 Å². The monoisotopic (exact) mass is 142 g/mol. The van der Waals surface area contributed by atoms with Gasteiger partial charge in [-0.05, 0) is 18.3 Å². The van der Waals surface area contributed by atoms with Gasteiger partial charge in [-0.15, -0.1) is 0 Å². The minimum absolute atomic E-state index is 0.104. The second-order valence-corrected chi connectivity index (χ2v) is 1.88. The van der Waals surface area contributed by atoms with Gasteiger partial charge in [0.1, 0.15) is 6.73 Å². The van der Waals surface area contributed by atoms with E-state index < -0.39 is 0 Å². The summed E-state index contributed by atoms with van der Waals surface area (Å²) in [7, 11) is 0. The zero-order valence-corrected chi connectivity index (χ0v) is 5.51. The summed E-state index contributed by atoms with van der Waals surface area (Å²) in [5, 5.41) is 8.57. The fraction of sp³-hybridized carbons (Fsp3) is 0.200. The highest BCUT2D eigenvalue weighted by molar-refractivity contribution is 7.71. The summed E-state index contributed by atoms with van der Waals surface area (Å²) >= 11 is 4.74. The van der Waals surface area contributed by atoms with Gasteiger partial charge >= 0.3 is 0 Å². The van der Waals surface area contributed by atoms with Gasteiger partial charge in [0, 0.05) is 12.4 Å². The molecule has 1 aromatic heterocycles. The molecule has 1 aromatic rings. The minimum atomic E-state index is -0.104. The van der Waals surface area contributed by atoms with Crippen molar-refractivity contribution < 1.29 is 5.11 Å². The molecule has 0 aliphatic heterocycles. The van der Waals surface area contributed by atoms with E-state index in [1.54, 1.807) is 18.5 Å². The molecular formula is C5H6N2OS. The molecule has 0 saturated heterocycles. The Balaban J connectivity index is 3.16. The van der Waals surface area contributed by atoms with Gasteiger partial charge in [0.25, 0.3) is 0 Å². The summed E-state index contributed by atoms with van der Waals surface area (Å²) in [6, 6.07) is 1.71. The summed E-state index contributed by atoms with van der Waals surface area (Å²) in [6.45, 7) is -0.104. The molecule has 0 spiro atoms. The van der Waals surface area contributed by atoms with Gasteiger partial charge in [-0.2, -0.15) is 0 Å². The first kappa shape index (κ1) is 6.38. The van der Waals surface area contributed by atoms with Crippen LogP contribution in [0.4, 0.5) is 0 Å². The van der Waals surface area contributed by atoms with Gasteiger partial charge in [0.15, 0.2) is 0 Å².